The highest BCUT2D eigenvalue weighted by molar-refractivity contribution is 8.01. The fourth-order valence-corrected chi connectivity index (χ4v) is 0.677. The molecule has 0 aromatic carbocycles. The summed E-state index contributed by atoms with van der Waals surface area (Å²) in [4.78, 5) is 1.12. The Kier molecular flexibility index (Phi) is 25.3. The SMILES string of the molecule is C=C(S/N=C\C)C(C)C.CC.CC. The first-order chi connectivity index (χ1) is 6.18. The third-order valence-electron chi connectivity index (χ3n) is 0.919. The Morgan fingerprint density at radius 3 is 1.85 bits per heavy atom. The van der Waals surface area contributed by atoms with Gasteiger partial charge in [-0.2, -0.15) is 0 Å². The molecule has 13 heavy (non-hydrogen) atoms. The fourth-order valence-electron chi connectivity index (χ4n) is 0.226. The highest BCUT2D eigenvalue weighted by atomic mass is 32.2. The van der Waals surface area contributed by atoms with Gasteiger partial charge >= 0.3 is 0 Å². The van der Waals surface area contributed by atoms with Gasteiger partial charge in [-0.3, -0.25) is 0 Å². The molecule has 0 spiro atoms. The van der Waals surface area contributed by atoms with Crippen LogP contribution in [0.25, 0.3) is 0 Å². The van der Waals surface area contributed by atoms with Crippen molar-refractivity contribution < 1.29 is 0 Å². The standard InChI is InChI=1S/C7H13NS.2C2H6/c1-5-8-9-7(4)6(2)3;2*1-2/h5-6H,4H2,1-3H3;2*1-2H3/b8-5-;;. The van der Waals surface area contributed by atoms with Crippen LogP contribution in [0.1, 0.15) is 48.5 Å². The molecule has 0 bridgehead atoms. The first-order valence-corrected chi connectivity index (χ1v) is 5.79. The van der Waals surface area contributed by atoms with Crippen LogP contribution in [-0.2, 0) is 0 Å². The lowest BCUT2D eigenvalue weighted by Crippen LogP contribution is -1.84. The van der Waals surface area contributed by atoms with Crippen LogP contribution in [0, 0.1) is 5.92 Å². The number of hydrogen-bond donors (Lipinski definition) is 0. The van der Waals surface area contributed by atoms with Crippen molar-refractivity contribution in [3.8, 4) is 0 Å². The monoisotopic (exact) mass is 203 g/mol. The van der Waals surface area contributed by atoms with E-state index in [9.17, 15) is 0 Å². The smallest absolute Gasteiger partial charge is 0.00988 e. The molecular weight excluding hydrogens is 178 g/mol. The number of nitrogens with zero attached hydrogens (tertiary/aromatic N) is 1. The van der Waals surface area contributed by atoms with Crippen LogP contribution in [0.2, 0.25) is 0 Å². The van der Waals surface area contributed by atoms with Crippen LogP contribution in [0.3, 0.4) is 0 Å². The van der Waals surface area contributed by atoms with E-state index < -0.39 is 0 Å². The summed E-state index contributed by atoms with van der Waals surface area (Å²) in [5.41, 5.74) is 0. The highest BCUT2D eigenvalue weighted by Gasteiger charge is 1.97. The maximum atomic E-state index is 3.99. The second kappa shape index (κ2) is 17.7. The normalized spacial score (nSPS) is 8.62. The molecule has 0 amide bonds. The lowest BCUT2D eigenvalue weighted by molar-refractivity contribution is 0.820. The Bertz CT molecular complexity index is 117. The van der Waals surface area contributed by atoms with E-state index in [-0.39, 0.29) is 0 Å². The van der Waals surface area contributed by atoms with Crippen LogP contribution in [-0.4, -0.2) is 6.21 Å². The van der Waals surface area contributed by atoms with Gasteiger partial charge in [0.05, 0.1) is 0 Å². The van der Waals surface area contributed by atoms with E-state index in [0.717, 1.165) is 4.91 Å². The molecule has 0 heterocycles. The second-order valence-corrected chi connectivity index (χ2v) is 2.99. The third kappa shape index (κ3) is 18.6. The Labute approximate surface area is 88.9 Å². The summed E-state index contributed by atoms with van der Waals surface area (Å²) in [6.07, 6.45) is 1.78. The maximum absolute atomic E-state index is 3.99. The molecule has 80 valence electrons. The highest BCUT2D eigenvalue weighted by Crippen LogP contribution is 2.21. The minimum Gasteiger partial charge on any atom is -0.224 e. The molecular formula is C11H25NS. The lowest BCUT2D eigenvalue weighted by atomic mass is 10.2. The van der Waals surface area contributed by atoms with Gasteiger partial charge in [0.2, 0.25) is 0 Å². The van der Waals surface area contributed by atoms with E-state index in [1.165, 1.54) is 11.9 Å². The molecule has 0 saturated carbocycles. The van der Waals surface area contributed by atoms with Crippen LogP contribution >= 0.6 is 11.9 Å². The fraction of sp³-hybridized carbons (Fsp3) is 0.727. The Morgan fingerprint density at radius 1 is 1.23 bits per heavy atom. The van der Waals surface area contributed by atoms with Gasteiger partial charge in [0.25, 0.3) is 0 Å². The summed E-state index contributed by atoms with van der Waals surface area (Å²) >= 11 is 1.46. The molecule has 0 fully saturated rings. The summed E-state index contributed by atoms with van der Waals surface area (Å²) in [7, 11) is 0. The largest absolute Gasteiger partial charge is 0.224 e. The Hall–Kier alpha value is -0.240. The van der Waals surface area contributed by atoms with Gasteiger partial charge < -0.3 is 0 Å². The molecule has 0 rings (SSSR count). The van der Waals surface area contributed by atoms with Gasteiger partial charge in [0, 0.05) is 23.1 Å². The van der Waals surface area contributed by atoms with Gasteiger partial charge in [-0.05, 0) is 12.8 Å². The zero-order valence-electron chi connectivity index (χ0n) is 10.2. The van der Waals surface area contributed by atoms with Crippen molar-refractivity contribution in [2.75, 3.05) is 0 Å². The lowest BCUT2D eigenvalue weighted by Gasteiger charge is -2.02. The summed E-state index contributed by atoms with van der Waals surface area (Å²) in [5.74, 6) is 0.527. The summed E-state index contributed by atoms with van der Waals surface area (Å²) in [6.45, 7) is 18.0. The van der Waals surface area contributed by atoms with E-state index in [4.69, 9.17) is 0 Å². The first-order valence-electron chi connectivity index (χ1n) is 5.02. The van der Waals surface area contributed by atoms with Crippen molar-refractivity contribution in [3.63, 3.8) is 0 Å². The van der Waals surface area contributed by atoms with Crippen molar-refractivity contribution >= 4 is 18.2 Å². The predicted octanol–water partition coefficient (Wildman–Crippen LogP) is 4.95. The zero-order chi connectivity index (χ0) is 11.3. The predicted molar refractivity (Wildman–Crippen MR) is 68.4 cm³/mol. The molecule has 0 aromatic rings. The average Bonchev–Trinajstić information content (AvgIpc) is 2.20. The van der Waals surface area contributed by atoms with Gasteiger partial charge in [-0.1, -0.05) is 48.1 Å². The molecule has 0 aliphatic rings. The van der Waals surface area contributed by atoms with Crippen LogP contribution in [0.4, 0.5) is 0 Å². The van der Waals surface area contributed by atoms with Crippen molar-refractivity contribution in [2.24, 2.45) is 10.3 Å². The Morgan fingerprint density at radius 2 is 1.62 bits per heavy atom. The van der Waals surface area contributed by atoms with Gasteiger partial charge in [0.1, 0.15) is 0 Å². The number of rotatable bonds is 3. The minimum atomic E-state index is 0.527. The molecule has 0 unspecified atom stereocenters. The van der Waals surface area contributed by atoms with Crippen LogP contribution < -0.4 is 0 Å². The zero-order valence-corrected chi connectivity index (χ0v) is 11.0. The van der Waals surface area contributed by atoms with Crippen molar-refractivity contribution in [1.82, 2.24) is 0 Å². The maximum Gasteiger partial charge on any atom is 0.00988 e. The van der Waals surface area contributed by atoms with Gasteiger partial charge in [0.15, 0.2) is 0 Å². The molecule has 1 nitrogen and oxygen atoms in total. The first kappa shape index (κ1) is 18.5. The number of hydrogen-bond acceptors (Lipinski definition) is 2. The topological polar surface area (TPSA) is 12.4 Å². The molecule has 0 atom stereocenters. The minimum absolute atomic E-state index is 0.527. The van der Waals surface area contributed by atoms with E-state index in [0.29, 0.717) is 5.92 Å². The molecule has 0 aliphatic heterocycles. The molecule has 0 saturated heterocycles. The van der Waals surface area contributed by atoms with E-state index in [1.807, 2.05) is 34.6 Å². The second-order valence-electron chi connectivity index (χ2n) is 2.08. The van der Waals surface area contributed by atoms with Crippen LogP contribution in [0.5, 0.6) is 0 Å². The van der Waals surface area contributed by atoms with E-state index in [2.05, 4.69) is 24.8 Å². The van der Waals surface area contributed by atoms with Crippen molar-refractivity contribution in [2.45, 2.75) is 48.5 Å². The third-order valence-corrected chi connectivity index (χ3v) is 1.94. The van der Waals surface area contributed by atoms with E-state index in [1.54, 1.807) is 6.21 Å². The van der Waals surface area contributed by atoms with Gasteiger partial charge in [-0.15, -0.1) is 0 Å². The molecule has 0 N–H and O–H groups in total. The quantitative estimate of drug-likeness (QED) is 0.467. The molecule has 0 aromatic heterocycles. The van der Waals surface area contributed by atoms with Crippen molar-refractivity contribution in [1.29, 1.82) is 0 Å². The number of allylic oxidation sites excluding steroid dienone is 1. The average molecular weight is 203 g/mol. The molecule has 2 heteroatoms. The molecule has 0 aliphatic carbocycles. The van der Waals surface area contributed by atoms with Gasteiger partial charge in [-0.25, -0.2) is 4.40 Å². The summed E-state index contributed by atoms with van der Waals surface area (Å²) < 4.78 is 3.99. The molecule has 0 radical (unpaired) electrons. The van der Waals surface area contributed by atoms with Crippen LogP contribution in [0.15, 0.2) is 15.9 Å². The van der Waals surface area contributed by atoms with E-state index >= 15 is 0 Å². The summed E-state index contributed by atoms with van der Waals surface area (Å²) in [6, 6.07) is 0. The Balaban J connectivity index is -0.000000218. The summed E-state index contributed by atoms with van der Waals surface area (Å²) in [5, 5.41) is 0. The van der Waals surface area contributed by atoms with Crippen molar-refractivity contribution in [3.05, 3.63) is 11.5 Å².